The average Bonchev–Trinajstić information content (AvgIpc) is 3.00. The molecule has 0 bridgehead atoms. The number of rotatable bonds is 6. The molecule has 0 atom stereocenters. The maximum atomic E-state index is 12.7. The number of hydrogen-bond acceptors (Lipinski definition) is 3. The minimum Gasteiger partial charge on any atom is -0.457 e. The van der Waals surface area contributed by atoms with Crippen molar-refractivity contribution < 1.29 is 14.3 Å². The molecule has 4 aromatic carbocycles. The molecule has 9 heteroatoms. The molecule has 3 nitrogen and oxygen atoms in total. The largest absolute Gasteiger partial charge is 0.457 e. The van der Waals surface area contributed by atoms with Crippen LogP contribution in [0.15, 0.2) is 109 Å². The fourth-order valence-electron chi connectivity index (χ4n) is 3.82. The number of carbonyl (C=O) groups is 1. The number of ether oxygens (including phenoxy) is 2. The predicted octanol–water partition coefficient (Wildman–Crippen LogP) is 10.1. The Hall–Kier alpha value is -2.11. The highest BCUT2D eigenvalue weighted by Gasteiger charge is 2.46. The average molecular weight is 657 g/mol. The molecule has 1 saturated carbocycles. The first-order chi connectivity index (χ1) is 19.2. The van der Waals surface area contributed by atoms with Gasteiger partial charge in [0.05, 0.1) is 32.3 Å². The molecule has 5 rings (SSSR count). The van der Waals surface area contributed by atoms with E-state index in [1.165, 1.54) is 0 Å². The van der Waals surface area contributed by atoms with E-state index in [0.717, 1.165) is 11.5 Å². The Bertz CT molecular complexity index is 1210. The van der Waals surface area contributed by atoms with Crippen molar-refractivity contribution in [3.63, 3.8) is 0 Å². The lowest BCUT2D eigenvalue weighted by Gasteiger charge is -2.37. The maximum absolute atomic E-state index is 12.7. The van der Waals surface area contributed by atoms with Gasteiger partial charge in [-0.15, -0.1) is 69.6 Å². The van der Waals surface area contributed by atoms with Gasteiger partial charge in [0.15, 0.2) is 5.78 Å². The normalized spacial score (nSPS) is 23.9. The van der Waals surface area contributed by atoms with Crippen molar-refractivity contribution in [1.29, 1.82) is 0 Å². The lowest BCUT2D eigenvalue weighted by molar-refractivity contribution is 0.103. The Morgan fingerprint density at radius 1 is 0.400 bits per heavy atom. The molecule has 0 unspecified atom stereocenters. The lowest BCUT2D eigenvalue weighted by atomic mass is 9.97. The molecule has 40 heavy (non-hydrogen) atoms. The first-order valence-electron chi connectivity index (χ1n) is 12.3. The quantitative estimate of drug-likeness (QED) is 0.153. The van der Waals surface area contributed by atoms with Gasteiger partial charge in [0.25, 0.3) is 0 Å². The van der Waals surface area contributed by atoms with Gasteiger partial charge in [-0.2, -0.15) is 0 Å². The number of para-hydroxylation sites is 2. The van der Waals surface area contributed by atoms with Crippen LogP contribution in [0.2, 0.25) is 0 Å². The van der Waals surface area contributed by atoms with Crippen LogP contribution in [-0.2, 0) is 0 Å². The van der Waals surface area contributed by atoms with E-state index in [4.69, 9.17) is 79.1 Å². The van der Waals surface area contributed by atoms with E-state index in [-0.39, 0.29) is 5.78 Å². The molecule has 4 aromatic rings. The number of carbonyl (C=O) groups excluding carboxylic acids is 1. The summed E-state index contributed by atoms with van der Waals surface area (Å²) in [5.74, 6) is 2.85. The monoisotopic (exact) mass is 654 g/mol. The Balaban J connectivity index is 0.000000259. The van der Waals surface area contributed by atoms with Gasteiger partial charge < -0.3 is 9.47 Å². The first-order valence-corrected chi connectivity index (χ1v) is 14.9. The lowest BCUT2D eigenvalue weighted by Crippen LogP contribution is -2.52. The van der Waals surface area contributed by atoms with Crippen LogP contribution in [0.4, 0.5) is 0 Å². The molecule has 208 valence electrons. The van der Waals surface area contributed by atoms with Crippen LogP contribution in [0.5, 0.6) is 23.0 Å². The van der Waals surface area contributed by atoms with E-state index in [2.05, 4.69) is 0 Å². The summed E-state index contributed by atoms with van der Waals surface area (Å²) in [5, 5.41) is -2.62. The number of benzene rings is 4. The van der Waals surface area contributed by atoms with Crippen LogP contribution >= 0.6 is 69.6 Å². The molecule has 0 radical (unpaired) electrons. The van der Waals surface area contributed by atoms with Crippen LogP contribution in [0.3, 0.4) is 0 Å². The summed E-state index contributed by atoms with van der Waals surface area (Å²) in [5.41, 5.74) is 1.22. The summed E-state index contributed by atoms with van der Waals surface area (Å²) in [6.45, 7) is 0. The van der Waals surface area contributed by atoms with Crippen LogP contribution in [0, 0.1) is 0 Å². The SMILES string of the molecule is ClC1C(Cl)C(Cl)C(Cl)C(Cl)C1Cl.O=C(c1ccc(Oc2ccccc2)cc1)c1ccc(Oc2ccccc2)cc1. The molecule has 1 aliphatic rings. The third-order valence-electron chi connectivity index (χ3n) is 6.02. The third kappa shape index (κ3) is 8.00. The number of ketones is 1. The van der Waals surface area contributed by atoms with Crippen molar-refractivity contribution in [1.82, 2.24) is 0 Å². The second kappa shape index (κ2) is 14.7. The summed E-state index contributed by atoms with van der Waals surface area (Å²) in [4.78, 5) is 12.7. The Labute approximate surface area is 263 Å². The van der Waals surface area contributed by atoms with Gasteiger partial charge in [0.1, 0.15) is 23.0 Å². The van der Waals surface area contributed by atoms with E-state index in [0.29, 0.717) is 22.6 Å². The van der Waals surface area contributed by atoms with E-state index >= 15 is 0 Å². The van der Waals surface area contributed by atoms with Gasteiger partial charge in [-0.3, -0.25) is 4.79 Å². The van der Waals surface area contributed by atoms with Crippen LogP contribution < -0.4 is 9.47 Å². The molecule has 1 aliphatic carbocycles. The van der Waals surface area contributed by atoms with Gasteiger partial charge >= 0.3 is 0 Å². The van der Waals surface area contributed by atoms with Gasteiger partial charge in [0, 0.05) is 11.1 Å². The molecule has 0 spiro atoms. The second-order valence-electron chi connectivity index (χ2n) is 8.87. The van der Waals surface area contributed by atoms with Gasteiger partial charge in [-0.05, 0) is 72.8 Å². The molecular formula is C31H24Cl6O3. The summed E-state index contributed by atoms with van der Waals surface area (Å²) in [6, 6.07) is 33.4. The van der Waals surface area contributed by atoms with Crippen molar-refractivity contribution in [3.8, 4) is 23.0 Å². The molecule has 0 aromatic heterocycles. The van der Waals surface area contributed by atoms with Crippen molar-refractivity contribution in [2.24, 2.45) is 0 Å². The zero-order valence-electron chi connectivity index (χ0n) is 20.8. The summed E-state index contributed by atoms with van der Waals surface area (Å²) < 4.78 is 11.5. The summed E-state index contributed by atoms with van der Waals surface area (Å²) >= 11 is 35.3. The highest BCUT2D eigenvalue weighted by molar-refractivity contribution is 6.45. The number of halogens is 6. The minimum absolute atomic E-state index is 0.0440. The van der Waals surface area contributed by atoms with Gasteiger partial charge in [-0.25, -0.2) is 0 Å². The fraction of sp³-hybridized carbons (Fsp3) is 0.194. The molecule has 0 heterocycles. The van der Waals surface area contributed by atoms with Gasteiger partial charge in [-0.1, -0.05) is 36.4 Å². The Kier molecular flexibility index (Phi) is 11.3. The van der Waals surface area contributed by atoms with Crippen molar-refractivity contribution >= 4 is 75.4 Å². The van der Waals surface area contributed by atoms with E-state index in [9.17, 15) is 4.79 Å². The Morgan fingerprint density at radius 2 is 0.650 bits per heavy atom. The van der Waals surface area contributed by atoms with Gasteiger partial charge in [0.2, 0.25) is 0 Å². The van der Waals surface area contributed by atoms with Crippen LogP contribution in [0.25, 0.3) is 0 Å². The maximum Gasteiger partial charge on any atom is 0.193 e. The zero-order chi connectivity index (χ0) is 28.6. The molecular weight excluding hydrogens is 633 g/mol. The highest BCUT2D eigenvalue weighted by atomic mass is 35.5. The van der Waals surface area contributed by atoms with Crippen molar-refractivity contribution in [3.05, 3.63) is 120 Å². The molecule has 1 fully saturated rings. The van der Waals surface area contributed by atoms with E-state index < -0.39 is 32.3 Å². The standard InChI is InChI=1S/C25H18O3.C6H6Cl6/c26-25(19-11-15-23(16-12-19)27-21-7-3-1-4-8-21)20-13-17-24(18-14-20)28-22-9-5-2-6-10-22;7-1-2(8)4(10)6(12)5(11)3(1)9/h1-18H;1-6H. The zero-order valence-corrected chi connectivity index (χ0v) is 25.4. The van der Waals surface area contributed by atoms with Crippen LogP contribution in [-0.4, -0.2) is 38.0 Å². The van der Waals surface area contributed by atoms with Crippen molar-refractivity contribution in [2.75, 3.05) is 0 Å². The summed E-state index contributed by atoms with van der Waals surface area (Å²) in [6.07, 6.45) is 0. The second-order valence-corrected chi connectivity index (χ2v) is 11.9. The minimum atomic E-state index is -0.437. The van der Waals surface area contributed by atoms with Crippen LogP contribution in [0.1, 0.15) is 15.9 Å². The topological polar surface area (TPSA) is 35.5 Å². The Morgan fingerprint density at radius 3 is 0.925 bits per heavy atom. The van der Waals surface area contributed by atoms with E-state index in [1.807, 2.05) is 60.7 Å². The molecule has 0 saturated heterocycles. The van der Waals surface area contributed by atoms with Crippen molar-refractivity contribution in [2.45, 2.75) is 32.3 Å². The third-order valence-corrected chi connectivity index (χ3v) is 10.0. The predicted molar refractivity (Wildman–Crippen MR) is 167 cm³/mol. The smallest absolute Gasteiger partial charge is 0.193 e. The molecule has 0 amide bonds. The molecule has 0 N–H and O–H groups in total. The summed E-state index contributed by atoms with van der Waals surface area (Å²) in [7, 11) is 0. The molecule has 0 aliphatic heterocycles. The van der Waals surface area contributed by atoms with E-state index in [1.54, 1.807) is 48.5 Å². The first kappa shape index (κ1) is 30.8. The number of alkyl halides is 6. The fourth-order valence-corrected chi connectivity index (χ4v) is 6.15. The number of hydrogen-bond donors (Lipinski definition) is 0. The highest BCUT2D eigenvalue weighted by Crippen LogP contribution is 2.39.